The molecule has 0 N–H and O–H groups in total. The van der Waals surface area contributed by atoms with Gasteiger partial charge in [0.2, 0.25) is 0 Å². The Hall–Kier alpha value is -1.35. The van der Waals surface area contributed by atoms with Crippen molar-refractivity contribution in [1.29, 1.82) is 0 Å². The van der Waals surface area contributed by atoms with Crippen molar-refractivity contribution >= 4 is 5.78 Å². The van der Waals surface area contributed by atoms with Crippen molar-refractivity contribution in [2.75, 3.05) is 20.7 Å². The molecule has 0 amide bonds. The summed E-state index contributed by atoms with van der Waals surface area (Å²) < 4.78 is 5.54. The standard InChI is InChI=1S/C22H31NO2/c1-15(24)19-4-5-21(25-3)20(9-19)13-23(2)14-22-10-16-6-17(11-22)8-18(7-16)12-22/h4-5,9,16-18H,6-8,10-14H2,1-3H3. The number of methoxy groups -OCH3 is 1. The molecule has 4 fully saturated rings. The minimum Gasteiger partial charge on any atom is -0.496 e. The molecule has 4 aliphatic carbocycles. The number of hydrogen-bond acceptors (Lipinski definition) is 3. The van der Waals surface area contributed by atoms with Gasteiger partial charge in [-0.1, -0.05) is 0 Å². The largest absolute Gasteiger partial charge is 0.496 e. The lowest BCUT2D eigenvalue weighted by atomic mass is 9.49. The van der Waals surface area contributed by atoms with Gasteiger partial charge in [0.25, 0.3) is 0 Å². The highest BCUT2D eigenvalue weighted by Gasteiger charge is 2.50. The predicted octanol–water partition coefficient (Wildman–Crippen LogP) is 4.55. The molecular formula is C22H31NO2. The van der Waals surface area contributed by atoms with Gasteiger partial charge in [-0.05, 0) is 93.9 Å². The molecule has 4 bridgehead atoms. The fourth-order valence-electron chi connectivity index (χ4n) is 6.52. The second-order valence-electron chi connectivity index (χ2n) is 9.17. The van der Waals surface area contributed by atoms with Gasteiger partial charge in [0, 0.05) is 24.2 Å². The summed E-state index contributed by atoms with van der Waals surface area (Å²) in [4.78, 5) is 14.2. The molecule has 1 aromatic rings. The van der Waals surface area contributed by atoms with Gasteiger partial charge in [-0.2, -0.15) is 0 Å². The van der Waals surface area contributed by atoms with E-state index in [1.807, 2.05) is 18.2 Å². The maximum Gasteiger partial charge on any atom is 0.159 e. The predicted molar refractivity (Wildman–Crippen MR) is 99.9 cm³/mol. The van der Waals surface area contributed by atoms with Gasteiger partial charge in [-0.3, -0.25) is 4.79 Å². The minimum absolute atomic E-state index is 0.118. The van der Waals surface area contributed by atoms with Gasteiger partial charge in [0.15, 0.2) is 5.78 Å². The van der Waals surface area contributed by atoms with Gasteiger partial charge >= 0.3 is 0 Å². The Morgan fingerprint density at radius 3 is 2.28 bits per heavy atom. The van der Waals surface area contributed by atoms with Gasteiger partial charge in [-0.15, -0.1) is 0 Å². The molecule has 0 unspecified atom stereocenters. The summed E-state index contributed by atoms with van der Waals surface area (Å²) in [6.07, 6.45) is 8.81. The zero-order valence-electron chi connectivity index (χ0n) is 15.9. The summed E-state index contributed by atoms with van der Waals surface area (Å²) in [6, 6.07) is 5.81. The third-order valence-electron chi connectivity index (χ3n) is 6.90. The zero-order valence-corrected chi connectivity index (χ0v) is 15.9. The molecule has 4 aliphatic rings. The molecule has 0 aromatic heterocycles. The molecule has 3 heteroatoms. The number of rotatable bonds is 6. The molecule has 0 atom stereocenters. The Labute approximate surface area is 151 Å². The molecule has 136 valence electrons. The second-order valence-corrected chi connectivity index (χ2v) is 9.17. The summed E-state index contributed by atoms with van der Waals surface area (Å²) >= 11 is 0. The van der Waals surface area contributed by atoms with Crippen molar-refractivity contribution in [3.05, 3.63) is 29.3 Å². The first kappa shape index (κ1) is 17.1. The topological polar surface area (TPSA) is 29.5 Å². The monoisotopic (exact) mass is 341 g/mol. The van der Waals surface area contributed by atoms with E-state index in [1.165, 1.54) is 45.1 Å². The summed E-state index contributed by atoms with van der Waals surface area (Å²) in [6.45, 7) is 3.67. The molecule has 0 aliphatic heterocycles. The Kier molecular flexibility index (Phi) is 4.39. The quantitative estimate of drug-likeness (QED) is 0.711. The number of carbonyl (C=O) groups excluding carboxylic acids is 1. The zero-order chi connectivity index (χ0) is 17.6. The number of Topliss-reactive ketones (excluding diaryl/α,β-unsaturated/α-hetero) is 1. The molecule has 0 heterocycles. The molecule has 25 heavy (non-hydrogen) atoms. The fourth-order valence-corrected chi connectivity index (χ4v) is 6.52. The number of benzene rings is 1. The first-order valence-electron chi connectivity index (χ1n) is 9.83. The van der Waals surface area contributed by atoms with Crippen molar-refractivity contribution in [1.82, 2.24) is 4.90 Å². The van der Waals surface area contributed by atoms with Crippen LogP contribution in [0.4, 0.5) is 0 Å². The van der Waals surface area contributed by atoms with Crippen molar-refractivity contribution in [3.8, 4) is 5.75 Å². The lowest BCUT2D eigenvalue weighted by Gasteiger charge is -2.57. The maximum absolute atomic E-state index is 11.7. The molecular weight excluding hydrogens is 310 g/mol. The Bertz CT molecular complexity index is 631. The molecule has 1 aromatic carbocycles. The Balaban J connectivity index is 1.48. The second kappa shape index (κ2) is 6.42. The van der Waals surface area contributed by atoms with E-state index in [0.29, 0.717) is 5.41 Å². The van der Waals surface area contributed by atoms with Crippen molar-refractivity contribution in [2.45, 2.75) is 52.0 Å². The van der Waals surface area contributed by atoms with Crippen LogP contribution in [0.25, 0.3) is 0 Å². The highest BCUT2D eigenvalue weighted by atomic mass is 16.5. The molecule has 0 spiro atoms. The highest BCUT2D eigenvalue weighted by Crippen LogP contribution is 2.60. The van der Waals surface area contributed by atoms with E-state index >= 15 is 0 Å². The van der Waals surface area contributed by atoms with Crippen LogP contribution in [0.3, 0.4) is 0 Å². The summed E-state index contributed by atoms with van der Waals surface area (Å²) in [5, 5.41) is 0. The van der Waals surface area contributed by atoms with Crippen LogP contribution in [0.1, 0.15) is 61.4 Å². The first-order chi connectivity index (χ1) is 12.0. The third kappa shape index (κ3) is 3.36. The van der Waals surface area contributed by atoms with Crippen LogP contribution in [0.2, 0.25) is 0 Å². The van der Waals surface area contributed by atoms with E-state index in [9.17, 15) is 4.79 Å². The first-order valence-corrected chi connectivity index (χ1v) is 9.83. The van der Waals surface area contributed by atoms with Crippen LogP contribution in [-0.4, -0.2) is 31.4 Å². The van der Waals surface area contributed by atoms with E-state index in [1.54, 1.807) is 14.0 Å². The van der Waals surface area contributed by atoms with Crippen LogP contribution in [0.15, 0.2) is 18.2 Å². The highest BCUT2D eigenvalue weighted by molar-refractivity contribution is 5.94. The van der Waals surface area contributed by atoms with Gasteiger partial charge in [-0.25, -0.2) is 0 Å². The van der Waals surface area contributed by atoms with Crippen LogP contribution in [0, 0.1) is 23.2 Å². The van der Waals surface area contributed by atoms with E-state index in [-0.39, 0.29) is 5.78 Å². The number of ketones is 1. The van der Waals surface area contributed by atoms with Crippen LogP contribution < -0.4 is 4.74 Å². The number of carbonyl (C=O) groups is 1. The molecule has 0 radical (unpaired) electrons. The van der Waals surface area contributed by atoms with Crippen LogP contribution in [0.5, 0.6) is 5.75 Å². The normalized spacial score (nSPS) is 33.0. The average Bonchev–Trinajstić information content (AvgIpc) is 2.52. The third-order valence-corrected chi connectivity index (χ3v) is 6.90. The van der Waals surface area contributed by atoms with Crippen LogP contribution in [-0.2, 0) is 6.54 Å². The van der Waals surface area contributed by atoms with Gasteiger partial charge in [0.05, 0.1) is 7.11 Å². The molecule has 3 nitrogen and oxygen atoms in total. The van der Waals surface area contributed by atoms with Crippen molar-refractivity contribution < 1.29 is 9.53 Å². The SMILES string of the molecule is COc1ccc(C(C)=O)cc1CN(C)CC12CC3CC(CC(C3)C1)C2. The van der Waals surface area contributed by atoms with Crippen molar-refractivity contribution in [2.24, 2.45) is 23.2 Å². The maximum atomic E-state index is 11.7. The van der Waals surface area contributed by atoms with Crippen molar-refractivity contribution in [3.63, 3.8) is 0 Å². The number of nitrogens with zero attached hydrogens (tertiary/aromatic N) is 1. The van der Waals surface area contributed by atoms with E-state index in [4.69, 9.17) is 4.74 Å². The number of hydrogen-bond donors (Lipinski definition) is 0. The summed E-state index contributed by atoms with van der Waals surface area (Å²) in [5.74, 6) is 4.00. The van der Waals surface area contributed by atoms with Gasteiger partial charge < -0.3 is 9.64 Å². The minimum atomic E-state index is 0.118. The average molecular weight is 341 g/mol. The van der Waals surface area contributed by atoms with Gasteiger partial charge in [0.1, 0.15) is 5.75 Å². The Morgan fingerprint density at radius 1 is 1.16 bits per heavy atom. The molecule has 0 saturated heterocycles. The molecule has 5 rings (SSSR count). The van der Waals surface area contributed by atoms with E-state index < -0.39 is 0 Å². The fraction of sp³-hybridized carbons (Fsp3) is 0.682. The lowest BCUT2D eigenvalue weighted by molar-refractivity contribution is -0.0670. The van der Waals surface area contributed by atoms with E-state index in [2.05, 4.69) is 11.9 Å². The number of ether oxygens (including phenoxy) is 1. The molecule has 4 saturated carbocycles. The lowest BCUT2D eigenvalue weighted by Crippen LogP contribution is -2.50. The smallest absolute Gasteiger partial charge is 0.159 e. The Morgan fingerprint density at radius 2 is 1.76 bits per heavy atom. The van der Waals surface area contributed by atoms with E-state index in [0.717, 1.165) is 41.2 Å². The summed E-state index contributed by atoms with van der Waals surface area (Å²) in [7, 11) is 3.95. The van der Waals surface area contributed by atoms with Crippen LogP contribution >= 0.6 is 0 Å². The summed E-state index contributed by atoms with van der Waals surface area (Å²) in [5.41, 5.74) is 2.45.